The van der Waals surface area contributed by atoms with Crippen molar-refractivity contribution in [3.05, 3.63) is 94.7 Å². The number of carboxylic acid groups (broad SMARTS) is 1. The third-order valence-electron chi connectivity index (χ3n) is 11.8. The average Bonchev–Trinajstić information content (AvgIpc) is 3.60. The Morgan fingerprint density at radius 1 is 0.736 bits per heavy atom. The highest BCUT2D eigenvalue weighted by atomic mass is 32.2. The van der Waals surface area contributed by atoms with E-state index in [-0.39, 0.29) is 77.9 Å². The molecule has 0 aromatic heterocycles. The molecule has 24 nitrogen and oxygen atoms in total. The summed E-state index contributed by atoms with van der Waals surface area (Å²) in [5, 5.41) is 23.2. The maximum Gasteiger partial charge on any atom is 0.338 e. The number of hydrogen-bond acceptors (Lipinski definition) is 18. The molecule has 3 aromatic rings. The zero-order valence-corrected chi connectivity index (χ0v) is 43.3. The first kappa shape index (κ1) is 58.2. The SMILES string of the molecule is CC1(C)C(/C=C/C=C/C=C2/N(CCCS(=O)(=O)O)c3ccc4c(SOOO)cc(S(=O)(=O)O)cc4c3C2(C)CCCS(=O)(=O)O)=[N+](CCCS(=O)(=O)O)c2cc(C(=O)O)cc(C(=O)OCCCS(=O)(=O)O)c21. The minimum absolute atomic E-state index is 0.0260. The molecule has 3 aromatic carbocycles. The number of carbonyl (C=O) groups is 2. The molecule has 2 aliphatic rings. The zero-order valence-electron chi connectivity index (χ0n) is 38.4. The van der Waals surface area contributed by atoms with Gasteiger partial charge < -0.3 is 14.7 Å². The lowest BCUT2D eigenvalue weighted by molar-refractivity contribution is -0.437. The smallest absolute Gasteiger partial charge is 0.338 e. The van der Waals surface area contributed by atoms with Gasteiger partial charge in [0.2, 0.25) is 5.69 Å². The van der Waals surface area contributed by atoms with Crippen molar-refractivity contribution in [3.8, 4) is 0 Å². The lowest BCUT2D eigenvalue weighted by Crippen LogP contribution is -2.30. The summed E-state index contributed by atoms with van der Waals surface area (Å²) in [5.74, 6) is -5.31. The Labute approximate surface area is 419 Å². The number of esters is 1. The average molecular weight is 1130 g/mol. The summed E-state index contributed by atoms with van der Waals surface area (Å²) in [6, 6.07) is 7.66. The molecule has 0 amide bonds. The minimum Gasteiger partial charge on any atom is -0.478 e. The molecule has 0 bridgehead atoms. The molecular formula is C42H51N2O22S6+. The van der Waals surface area contributed by atoms with Crippen LogP contribution in [-0.4, -0.2) is 140 Å². The fourth-order valence-corrected chi connectivity index (χ4v) is 12.1. The lowest BCUT2D eigenvalue weighted by Gasteiger charge is -2.31. The summed E-state index contributed by atoms with van der Waals surface area (Å²) in [5.41, 5.74) is -1.22. The van der Waals surface area contributed by atoms with Gasteiger partial charge in [-0.3, -0.25) is 22.8 Å². The van der Waals surface area contributed by atoms with Gasteiger partial charge in [-0.05, 0) is 93.1 Å². The van der Waals surface area contributed by atoms with Crippen molar-refractivity contribution in [1.82, 2.24) is 0 Å². The summed E-state index contributed by atoms with van der Waals surface area (Å²) >= 11 is 0.385. The molecule has 396 valence electrons. The first-order chi connectivity index (χ1) is 33.2. The summed E-state index contributed by atoms with van der Waals surface area (Å²) < 4.78 is 179. The number of allylic oxidation sites excluding steroid dienone is 6. The van der Waals surface area contributed by atoms with Crippen LogP contribution in [0.3, 0.4) is 0 Å². The van der Waals surface area contributed by atoms with Crippen molar-refractivity contribution in [2.45, 2.75) is 73.5 Å². The molecule has 0 spiro atoms. The number of benzene rings is 3. The second kappa shape index (κ2) is 22.4. The topological polar surface area (TPSA) is 380 Å². The highest BCUT2D eigenvalue weighted by molar-refractivity contribution is 7.94. The van der Waals surface area contributed by atoms with Crippen LogP contribution in [0.25, 0.3) is 10.8 Å². The molecule has 0 radical (unpaired) electrons. The van der Waals surface area contributed by atoms with Gasteiger partial charge in [-0.25, -0.2) is 14.8 Å². The Bertz CT molecular complexity index is 3350. The Balaban J connectivity index is 1.69. The quantitative estimate of drug-likeness (QED) is 0.00855. The summed E-state index contributed by atoms with van der Waals surface area (Å²) in [6.07, 6.45) is 6.85. The fraction of sp³-hybridized carbons (Fsp3) is 0.405. The van der Waals surface area contributed by atoms with Crippen LogP contribution in [0.15, 0.2) is 82.3 Å². The highest BCUT2D eigenvalue weighted by Gasteiger charge is 2.48. The minimum atomic E-state index is -4.93. The Morgan fingerprint density at radius 2 is 1.35 bits per heavy atom. The molecule has 2 heterocycles. The van der Waals surface area contributed by atoms with E-state index in [4.69, 9.17) is 14.5 Å². The summed E-state index contributed by atoms with van der Waals surface area (Å²) in [4.78, 5) is 27.0. The second-order valence-corrected chi connectivity index (χ2v) is 25.7. The summed E-state index contributed by atoms with van der Waals surface area (Å²) in [7, 11) is -22.8. The number of anilines is 1. The van der Waals surface area contributed by atoms with E-state index in [0.717, 1.165) is 18.2 Å². The predicted octanol–water partition coefficient (Wildman–Crippen LogP) is 5.02. The number of fused-ring (bicyclic) bond motifs is 4. The van der Waals surface area contributed by atoms with Crippen molar-refractivity contribution in [3.63, 3.8) is 0 Å². The monoisotopic (exact) mass is 1130 g/mol. The Hall–Kier alpha value is -4.67. The molecule has 0 saturated heterocycles. The lowest BCUT2D eigenvalue weighted by atomic mass is 9.75. The maximum absolute atomic E-state index is 13.6. The van der Waals surface area contributed by atoms with E-state index in [9.17, 15) is 75.0 Å². The Morgan fingerprint density at radius 3 is 1.94 bits per heavy atom. The van der Waals surface area contributed by atoms with E-state index in [1.54, 1.807) is 48.5 Å². The standard InChI is InChI=1S/C42H50N2O22S6/c1-41(2)35(44(17-9-21-70(55,56)57)33-24-27(39(45)46)23-31(37(33)41)40(47)64-18-10-22-71(58,59)60)11-5-4-6-12-36-42(3,15-7-19-68(49,50)51)38-30-25-28(72(61,62)63)26-34(67-66-65-48)29(30)13-14-32(38)43(36)16-8-20-69(52,53)54/h4-6,11-14,23-26H,7-10,15-22H2,1-3H3,(H6-,45,46,48,49,50,51,52,53,54,55,56,57,58,59,60,61,62,63)/p+1. The molecule has 5 rings (SSSR count). The number of aromatic carboxylic acids is 1. The molecule has 0 fully saturated rings. The number of carboxylic acids is 1. The molecule has 1 atom stereocenters. The van der Waals surface area contributed by atoms with Crippen molar-refractivity contribution in [2.75, 3.05) is 47.6 Å². The van der Waals surface area contributed by atoms with Crippen LogP contribution in [0.5, 0.6) is 0 Å². The van der Waals surface area contributed by atoms with Gasteiger partial charge in [0.1, 0.15) is 6.54 Å². The largest absolute Gasteiger partial charge is 0.478 e. The molecule has 0 saturated carbocycles. The van der Waals surface area contributed by atoms with Gasteiger partial charge in [-0.15, -0.1) is 4.33 Å². The van der Waals surface area contributed by atoms with E-state index in [1.165, 1.54) is 30.4 Å². The molecule has 1 unspecified atom stereocenters. The van der Waals surface area contributed by atoms with Crippen molar-refractivity contribution < 1.29 is 103 Å². The van der Waals surface area contributed by atoms with Gasteiger partial charge in [0.25, 0.3) is 50.6 Å². The van der Waals surface area contributed by atoms with E-state index in [0.29, 0.717) is 40.1 Å². The number of rotatable bonds is 25. The van der Waals surface area contributed by atoms with Crippen molar-refractivity contribution >= 4 is 102 Å². The van der Waals surface area contributed by atoms with Crippen molar-refractivity contribution in [1.29, 1.82) is 0 Å². The van der Waals surface area contributed by atoms with Gasteiger partial charge in [0, 0.05) is 46.8 Å². The van der Waals surface area contributed by atoms with Crippen LogP contribution in [0.2, 0.25) is 0 Å². The van der Waals surface area contributed by atoms with Crippen molar-refractivity contribution in [2.24, 2.45) is 0 Å². The number of carbonyl (C=O) groups excluding carboxylic acids is 1. The number of ether oxygens (including phenoxy) is 1. The Kier molecular flexibility index (Phi) is 18.1. The second-order valence-electron chi connectivity index (χ2n) is 17.3. The van der Waals surface area contributed by atoms with E-state index in [1.807, 2.05) is 0 Å². The normalized spacial score (nSPS) is 18.0. The fourth-order valence-electron chi connectivity index (χ4n) is 8.94. The van der Waals surface area contributed by atoms with Gasteiger partial charge in [0.05, 0.1) is 68.7 Å². The highest BCUT2D eigenvalue weighted by Crippen LogP contribution is 2.54. The maximum atomic E-state index is 13.6. The predicted molar refractivity (Wildman–Crippen MR) is 261 cm³/mol. The summed E-state index contributed by atoms with van der Waals surface area (Å²) in [6.45, 7) is 4.32. The van der Waals surface area contributed by atoms with Gasteiger partial charge in [-0.2, -0.15) is 46.7 Å². The number of nitrogens with zero attached hydrogens (tertiary/aromatic N) is 2. The van der Waals surface area contributed by atoms with Crippen LogP contribution in [0, 0.1) is 0 Å². The third kappa shape index (κ3) is 14.5. The molecule has 2 aliphatic heterocycles. The van der Waals surface area contributed by atoms with Crippen LogP contribution in [-0.2, 0) is 75.5 Å². The van der Waals surface area contributed by atoms with E-state index in [2.05, 4.69) is 9.37 Å². The van der Waals surface area contributed by atoms with Gasteiger partial charge in [-0.1, -0.05) is 29.3 Å². The molecule has 7 N–H and O–H groups in total. The molecular weight excluding hydrogens is 1080 g/mol. The van der Waals surface area contributed by atoms with Crippen LogP contribution in [0.4, 0.5) is 11.4 Å². The first-order valence-corrected chi connectivity index (χ1v) is 29.9. The van der Waals surface area contributed by atoms with E-state index >= 15 is 0 Å². The molecule has 0 aliphatic carbocycles. The molecule has 72 heavy (non-hydrogen) atoms. The van der Waals surface area contributed by atoms with E-state index < -0.39 is 108 Å². The van der Waals surface area contributed by atoms with Crippen LogP contribution >= 0.6 is 12.0 Å². The van der Waals surface area contributed by atoms with Gasteiger partial charge in [0.15, 0.2) is 5.71 Å². The third-order valence-corrected chi connectivity index (χ3v) is 16.5. The van der Waals surface area contributed by atoms with Gasteiger partial charge >= 0.3 is 11.9 Å². The van der Waals surface area contributed by atoms with Crippen LogP contribution < -0.4 is 4.90 Å². The molecule has 30 heteroatoms. The zero-order chi connectivity index (χ0) is 53.8. The van der Waals surface area contributed by atoms with Crippen LogP contribution in [0.1, 0.15) is 84.7 Å². The first-order valence-electron chi connectivity index (χ1n) is 21.3. The number of hydrogen-bond donors (Lipinski definition) is 7.